The number of halogens is 1. The fraction of sp³-hybridized carbons (Fsp3) is 0.222. The standard InChI is InChI=1S/C9H11BrN2O2/c1-14-8-4-6(2-3-7(8)11)12-9(13)5-10/h2-4H,5,11H2,1H3,(H,12,13). The molecule has 76 valence electrons. The first-order valence-electron chi connectivity index (χ1n) is 3.96. The number of nitrogens with one attached hydrogen (secondary N) is 1. The third-order valence-corrected chi connectivity index (χ3v) is 2.15. The Bertz CT molecular complexity index is 342. The topological polar surface area (TPSA) is 64.3 Å². The molecule has 1 amide bonds. The molecule has 0 saturated heterocycles. The maximum Gasteiger partial charge on any atom is 0.235 e. The third-order valence-electron chi connectivity index (χ3n) is 1.64. The van der Waals surface area contributed by atoms with Gasteiger partial charge in [0.05, 0.1) is 18.1 Å². The van der Waals surface area contributed by atoms with Crippen molar-refractivity contribution in [2.45, 2.75) is 0 Å². The van der Waals surface area contributed by atoms with E-state index < -0.39 is 0 Å². The molecule has 0 radical (unpaired) electrons. The first kappa shape index (κ1) is 10.8. The predicted octanol–water partition coefficient (Wildman–Crippen LogP) is 1.61. The fourth-order valence-electron chi connectivity index (χ4n) is 0.983. The SMILES string of the molecule is COc1cc(NC(=O)CBr)ccc1N. The van der Waals surface area contributed by atoms with E-state index in [4.69, 9.17) is 10.5 Å². The van der Waals surface area contributed by atoms with Crippen molar-refractivity contribution in [2.75, 3.05) is 23.5 Å². The number of alkyl halides is 1. The summed E-state index contributed by atoms with van der Waals surface area (Å²) >= 11 is 3.05. The van der Waals surface area contributed by atoms with Crippen LogP contribution >= 0.6 is 15.9 Å². The van der Waals surface area contributed by atoms with Crippen molar-refractivity contribution in [2.24, 2.45) is 0 Å². The number of ether oxygens (including phenoxy) is 1. The van der Waals surface area contributed by atoms with E-state index in [-0.39, 0.29) is 11.2 Å². The zero-order chi connectivity index (χ0) is 10.6. The number of hydrogen-bond donors (Lipinski definition) is 2. The van der Waals surface area contributed by atoms with Crippen LogP contribution in [0.3, 0.4) is 0 Å². The summed E-state index contributed by atoms with van der Waals surface area (Å²) in [4.78, 5) is 11.0. The van der Waals surface area contributed by atoms with Crippen LogP contribution in [0.1, 0.15) is 0 Å². The van der Waals surface area contributed by atoms with E-state index in [1.54, 1.807) is 18.2 Å². The first-order chi connectivity index (χ1) is 6.67. The molecule has 3 N–H and O–H groups in total. The molecular weight excluding hydrogens is 248 g/mol. The molecular formula is C9H11BrN2O2. The molecule has 0 aliphatic heterocycles. The summed E-state index contributed by atoms with van der Waals surface area (Å²) in [7, 11) is 1.53. The van der Waals surface area contributed by atoms with Crippen LogP contribution in [0.5, 0.6) is 5.75 Å². The van der Waals surface area contributed by atoms with Crippen molar-refractivity contribution in [3.05, 3.63) is 18.2 Å². The summed E-state index contributed by atoms with van der Waals surface area (Å²) in [6.45, 7) is 0. The average molecular weight is 259 g/mol. The number of carbonyl (C=O) groups is 1. The number of methoxy groups -OCH3 is 1. The van der Waals surface area contributed by atoms with E-state index in [1.807, 2.05) is 0 Å². The molecule has 5 heteroatoms. The highest BCUT2D eigenvalue weighted by molar-refractivity contribution is 9.09. The molecule has 1 aromatic rings. The highest BCUT2D eigenvalue weighted by Crippen LogP contribution is 2.24. The number of hydrogen-bond acceptors (Lipinski definition) is 3. The van der Waals surface area contributed by atoms with Gasteiger partial charge in [-0.15, -0.1) is 0 Å². The molecule has 0 aromatic heterocycles. The van der Waals surface area contributed by atoms with Gasteiger partial charge in [0.1, 0.15) is 5.75 Å². The molecule has 0 aliphatic rings. The van der Waals surface area contributed by atoms with E-state index in [0.29, 0.717) is 17.1 Å². The molecule has 0 aliphatic carbocycles. The van der Waals surface area contributed by atoms with Gasteiger partial charge in [0.15, 0.2) is 0 Å². The molecule has 0 atom stereocenters. The molecule has 0 unspecified atom stereocenters. The molecule has 0 fully saturated rings. The van der Waals surface area contributed by atoms with Crippen LogP contribution in [0, 0.1) is 0 Å². The Labute approximate surface area is 90.6 Å². The number of anilines is 2. The Morgan fingerprint density at radius 2 is 2.36 bits per heavy atom. The summed E-state index contributed by atoms with van der Waals surface area (Å²) in [5.74, 6) is 0.439. The molecule has 1 aromatic carbocycles. The Hall–Kier alpha value is -1.23. The highest BCUT2D eigenvalue weighted by atomic mass is 79.9. The van der Waals surface area contributed by atoms with Gasteiger partial charge in [0.2, 0.25) is 5.91 Å². The van der Waals surface area contributed by atoms with Crippen LogP contribution in [-0.4, -0.2) is 18.3 Å². The zero-order valence-electron chi connectivity index (χ0n) is 7.71. The van der Waals surface area contributed by atoms with Crippen LogP contribution in [0.2, 0.25) is 0 Å². The second-order valence-electron chi connectivity index (χ2n) is 2.64. The van der Waals surface area contributed by atoms with Gasteiger partial charge in [-0.25, -0.2) is 0 Å². The van der Waals surface area contributed by atoms with Crippen LogP contribution in [0.15, 0.2) is 18.2 Å². The van der Waals surface area contributed by atoms with Crippen molar-refractivity contribution >= 4 is 33.2 Å². The van der Waals surface area contributed by atoms with Crippen molar-refractivity contribution in [3.8, 4) is 5.75 Å². The summed E-state index contributed by atoms with van der Waals surface area (Å²) in [5, 5.41) is 2.94. The minimum Gasteiger partial charge on any atom is -0.495 e. The van der Waals surface area contributed by atoms with Crippen LogP contribution < -0.4 is 15.8 Å². The van der Waals surface area contributed by atoms with Crippen LogP contribution in [0.25, 0.3) is 0 Å². The van der Waals surface area contributed by atoms with E-state index in [0.717, 1.165) is 0 Å². The summed E-state index contributed by atoms with van der Waals surface area (Å²) in [6, 6.07) is 5.08. The molecule has 4 nitrogen and oxygen atoms in total. The second-order valence-corrected chi connectivity index (χ2v) is 3.20. The lowest BCUT2D eigenvalue weighted by atomic mass is 10.2. The van der Waals surface area contributed by atoms with Crippen molar-refractivity contribution in [3.63, 3.8) is 0 Å². The Morgan fingerprint density at radius 1 is 1.64 bits per heavy atom. The number of amides is 1. The monoisotopic (exact) mass is 258 g/mol. The lowest BCUT2D eigenvalue weighted by Gasteiger charge is -2.07. The summed E-state index contributed by atoms with van der Waals surface area (Å²) in [5.41, 5.74) is 6.83. The van der Waals surface area contributed by atoms with Gasteiger partial charge < -0.3 is 15.8 Å². The van der Waals surface area contributed by atoms with Gasteiger partial charge in [-0.1, -0.05) is 15.9 Å². The molecule has 0 bridgehead atoms. The van der Waals surface area contributed by atoms with Crippen molar-refractivity contribution in [1.29, 1.82) is 0 Å². The number of nitrogen functional groups attached to an aromatic ring is 1. The van der Waals surface area contributed by atoms with Crippen LogP contribution in [0.4, 0.5) is 11.4 Å². The number of nitrogens with two attached hydrogens (primary N) is 1. The maximum atomic E-state index is 11.0. The van der Waals surface area contributed by atoms with Crippen LogP contribution in [-0.2, 0) is 4.79 Å². The van der Waals surface area contributed by atoms with Gasteiger partial charge in [-0.05, 0) is 12.1 Å². The van der Waals surface area contributed by atoms with Gasteiger partial charge in [0, 0.05) is 11.8 Å². The van der Waals surface area contributed by atoms with E-state index in [1.165, 1.54) is 7.11 Å². The molecule has 1 rings (SSSR count). The first-order valence-corrected chi connectivity index (χ1v) is 5.09. The minimum atomic E-state index is -0.114. The lowest BCUT2D eigenvalue weighted by Crippen LogP contribution is -2.12. The molecule has 14 heavy (non-hydrogen) atoms. The zero-order valence-corrected chi connectivity index (χ0v) is 9.30. The largest absolute Gasteiger partial charge is 0.495 e. The maximum absolute atomic E-state index is 11.0. The lowest BCUT2D eigenvalue weighted by molar-refractivity contribution is -0.113. The van der Waals surface area contributed by atoms with E-state index >= 15 is 0 Å². The smallest absolute Gasteiger partial charge is 0.235 e. The second kappa shape index (κ2) is 4.85. The number of rotatable bonds is 3. The van der Waals surface area contributed by atoms with Gasteiger partial charge >= 0.3 is 0 Å². The Morgan fingerprint density at radius 3 is 2.93 bits per heavy atom. The predicted molar refractivity (Wildman–Crippen MR) is 59.8 cm³/mol. The molecule has 0 heterocycles. The van der Waals surface area contributed by atoms with Gasteiger partial charge in [-0.3, -0.25) is 4.79 Å². The highest BCUT2D eigenvalue weighted by Gasteiger charge is 2.03. The van der Waals surface area contributed by atoms with E-state index in [2.05, 4.69) is 21.2 Å². The van der Waals surface area contributed by atoms with E-state index in [9.17, 15) is 4.79 Å². The Balaban J connectivity index is 2.84. The normalized spacial score (nSPS) is 9.57. The molecule has 0 spiro atoms. The van der Waals surface area contributed by atoms with Gasteiger partial charge in [-0.2, -0.15) is 0 Å². The van der Waals surface area contributed by atoms with Crippen molar-refractivity contribution in [1.82, 2.24) is 0 Å². The quantitative estimate of drug-likeness (QED) is 0.640. The average Bonchev–Trinajstić information content (AvgIpc) is 2.20. The number of benzene rings is 1. The van der Waals surface area contributed by atoms with Gasteiger partial charge in [0.25, 0.3) is 0 Å². The summed E-state index contributed by atoms with van der Waals surface area (Å²) in [6.07, 6.45) is 0. The minimum absolute atomic E-state index is 0.114. The Kier molecular flexibility index (Phi) is 3.76. The van der Waals surface area contributed by atoms with Crippen molar-refractivity contribution < 1.29 is 9.53 Å². The fourth-order valence-corrected chi connectivity index (χ4v) is 1.12. The summed E-state index contributed by atoms with van der Waals surface area (Å²) < 4.78 is 5.01. The third kappa shape index (κ3) is 2.63. The molecule has 0 saturated carbocycles. The number of carbonyl (C=O) groups excluding carboxylic acids is 1.